The monoisotopic (exact) mass is 809 g/mol. The van der Waals surface area contributed by atoms with Gasteiger partial charge in [0.05, 0.1) is 16.7 Å². The maximum Gasteiger partial charge on any atom is 0.166 e. The Morgan fingerprint density at radius 1 is 0.355 bits per heavy atom. The lowest BCUT2D eigenvalue weighted by Crippen LogP contribution is -2.02. The zero-order chi connectivity index (χ0) is 41.0. The summed E-state index contributed by atoms with van der Waals surface area (Å²) >= 11 is 1.82. The molecule has 0 bridgehead atoms. The molecule has 0 amide bonds. The summed E-state index contributed by atoms with van der Waals surface area (Å²) in [6.07, 6.45) is 2.00. The first kappa shape index (κ1) is 35.8. The summed E-state index contributed by atoms with van der Waals surface area (Å²) in [5, 5.41) is 4.84. The van der Waals surface area contributed by atoms with Gasteiger partial charge in [-0.3, -0.25) is 4.98 Å². The van der Waals surface area contributed by atoms with Crippen molar-refractivity contribution in [1.82, 2.24) is 24.5 Å². The number of nitrogens with zero attached hydrogens (tertiary/aromatic N) is 5. The Labute approximate surface area is 361 Å². The number of benzene rings is 8. The Hall–Kier alpha value is -8.06. The Balaban J connectivity index is 1.16. The molecule has 0 fully saturated rings. The van der Waals surface area contributed by atoms with E-state index in [1.807, 2.05) is 84.3 Å². The lowest BCUT2D eigenvalue weighted by molar-refractivity contribution is 1.07. The molecule has 0 aliphatic rings. The molecule has 0 N–H and O–H groups in total. The van der Waals surface area contributed by atoms with Crippen molar-refractivity contribution in [3.63, 3.8) is 0 Å². The molecule has 0 unspecified atom stereocenters. The van der Waals surface area contributed by atoms with E-state index in [9.17, 15) is 0 Å². The predicted molar refractivity (Wildman–Crippen MR) is 257 cm³/mol. The molecule has 8 aromatic carbocycles. The maximum absolute atomic E-state index is 5.44. The minimum atomic E-state index is 0.559. The average Bonchev–Trinajstić information content (AvgIpc) is 3.91. The second-order valence-electron chi connectivity index (χ2n) is 15.4. The van der Waals surface area contributed by atoms with Gasteiger partial charge in [-0.15, -0.1) is 11.3 Å². The number of pyridine rings is 1. The van der Waals surface area contributed by atoms with E-state index in [0.29, 0.717) is 17.5 Å². The Morgan fingerprint density at radius 3 is 1.63 bits per heavy atom. The zero-order valence-electron chi connectivity index (χ0n) is 33.4. The van der Waals surface area contributed by atoms with Gasteiger partial charge in [0.2, 0.25) is 0 Å². The van der Waals surface area contributed by atoms with Crippen LogP contribution in [0.1, 0.15) is 0 Å². The van der Waals surface area contributed by atoms with E-state index in [1.54, 1.807) is 0 Å². The van der Waals surface area contributed by atoms with E-state index in [4.69, 9.17) is 19.9 Å². The van der Waals surface area contributed by atoms with Crippen LogP contribution in [-0.4, -0.2) is 24.5 Å². The molecule has 0 radical (unpaired) electrons. The van der Waals surface area contributed by atoms with E-state index in [1.165, 1.54) is 42.0 Å². The van der Waals surface area contributed by atoms with Crippen LogP contribution in [0.25, 0.3) is 115 Å². The van der Waals surface area contributed by atoms with Gasteiger partial charge in [-0.1, -0.05) is 158 Å². The van der Waals surface area contributed by atoms with Gasteiger partial charge in [0.1, 0.15) is 0 Å². The lowest BCUT2D eigenvalue weighted by atomic mass is 9.95. The SMILES string of the molecule is c1ccc(-c2cccc(-c3cnc(-c4cccc5sc6ccc7c(c8ccccc8n7-c7ccccc7)c6c45)c(-c4nc(-c5ccccc5)nc(-c5ccccc5)n4)c3)c2)cc1. The number of hydrogen-bond donors (Lipinski definition) is 0. The number of rotatable bonds is 7. The van der Waals surface area contributed by atoms with Crippen LogP contribution in [0.2, 0.25) is 0 Å². The van der Waals surface area contributed by atoms with Gasteiger partial charge in [0.25, 0.3) is 0 Å². The summed E-state index contributed by atoms with van der Waals surface area (Å²) < 4.78 is 4.81. The molecule has 290 valence electrons. The van der Waals surface area contributed by atoms with Gasteiger partial charge >= 0.3 is 0 Å². The second kappa shape index (κ2) is 14.9. The highest BCUT2D eigenvalue weighted by Crippen LogP contribution is 2.47. The van der Waals surface area contributed by atoms with E-state index < -0.39 is 0 Å². The quantitative estimate of drug-likeness (QED) is 0.161. The molecular weight excluding hydrogens is 775 g/mol. The summed E-state index contributed by atoms with van der Waals surface area (Å²) in [6, 6.07) is 72.2. The number of hydrogen-bond acceptors (Lipinski definition) is 5. The van der Waals surface area contributed by atoms with Crippen LogP contribution in [0.15, 0.2) is 212 Å². The molecule has 62 heavy (non-hydrogen) atoms. The van der Waals surface area contributed by atoms with E-state index >= 15 is 0 Å². The van der Waals surface area contributed by atoms with Crippen LogP contribution in [-0.2, 0) is 0 Å². The van der Waals surface area contributed by atoms with Gasteiger partial charge in [0, 0.05) is 70.6 Å². The van der Waals surface area contributed by atoms with Crippen molar-refractivity contribution in [2.45, 2.75) is 0 Å². The molecule has 6 heteroatoms. The molecule has 0 spiro atoms. The molecule has 0 atom stereocenters. The van der Waals surface area contributed by atoms with Crippen molar-refractivity contribution < 1.29 is 0 Å². The maximum atomic E-state index is 5.44. The summed E-state index contributed by atoms with van der Waals surface area (Å²) in [5.74, 6) is 1.77. The minimum Gasteiger partial charge on any atom is -0.309 e. The number of para-hydroxylation sites is 2. The summed E-state index contributed by atoms with van der Waals surface area (Å²) in [6.45, 7) is 0. The Bertz CT molecular complexity index is 3560. The molecule has 0 saturated heterocycles. The average molecular weight is 810 g/mol. The van der Waals surface area contributed by atoms with Gasteiger partial charge < -0.3 is 4.57 Å². The topological polar surface area (TPSA) is 56.5 Å². The van der Waals surface area contributed by atoms with Gasteiger partial charge in [-0.25, -0.2) is 15.0 Å². The van der Waals surface area contributed by atoms with Crippen LogP contribution in [0, 0.1) is 0 Å². The van der Waals surface area contributed by atoms with Gasteiger partial charge in [-0.05, 0) is 65.2 Å². The number of thiophene rings is 1. The molecule has 0 aliphatic heterocycles. The van der Waals surface area contributed by atoms with Crippen molar-refractivity contribution in [1.29, 1.82) is 0 Å². The first-order chi connectivity index (χ1) is 30.7. The standard InChI is InChI=1S/C56H35N5S/c1-5-17-36(18-6-1)39-23-15-24-40(33-39)41-34-45(56-59-54(37-19-7-2-8-20-37)58-55(60-56)38-21-9-3-10-22-38)53(57-35-41)44-28-16-30-48-51(44)52-49(62-48)32-31-47-50(52)43-27-13-14-29-46(43)61(47)42-25-11-4-12-26-42/h1-35H. The van der Waals surface area contributed by atoms with Gasteiger partial charge in [0.15, 0.2) is 17.5 Å². The molecule has 4 aromatic heterocycles. The van der Waals surface area contributed by atoms with Crippen LogP contribution < -0.4 is 0 Å². The summed E-state index contributed by atoms with van der Waals surface area (Å²) in [7, 11) is 0. The van der Waals surface area contributed by atoms with Crippen molar-refractivity contribution >= 4 is 53.3 Å². The molecule has 5 nitrogen and oxygen atoms in total. The van der Waals surface area contributed by atoms with Crippen LogP contribution in [0.4, 0.5) is 0 Å². The third-order valence-corrected chi connectivity index (χ3v) is 12.8. The van der Waals surface area contributed by atoms with Crippen LogP contribution >= 0.6 is 11.3 Å². The van der Waals surface area contributed by atoms with Gasteiger partial charge in [-0.2, -0.15) is 0 Å². The highest BCUT2D eigenvalue weighted by Gasteiger charge is 2.23. The lowest BCUT2D eigenvalue weighted by Gasteiger charge is -2.15. The molecule has 12 aromatic rings. The highest BCUT2D eigenvalue weighted by atomic mass is 32.1. The fourth-order valence-electron chi connectivity index (χ4n) is 8.87. The van der Waals surface area contributed by atoms with E-state index in [2.05, 4.69) is 144 Å². The van der Waals surface area contributed by atoms with Crippen molar-refractivity contribution in [3.8, 4) is 73.4 Å². The summed E-state index contributed by atoms with van der Waals surface area (Å²) in [4.78, 5) is 21.1. The molecule has 12 rings (SSSR count). The zero-order valence-corrected chi connectivity index (χ0v) is 34.2. The van der Waals surface area contributed by atoms with Crippen molar-refractivity contribution in [2.75, 3.05) is 0 Å². The first-order valence-electron chi connectivity index (χ1n) is 20.7. The number of fused-ring (bicyclic) bond motifs is 7. The highest BCUT2D eigenvalue weighted by molar-refractivity contribution is 7.26. The summed E-state index contributed by atoms with van der Waals surface area (Å²) in [5.41, 5.74) is 12.3. The molecule has 4 heterocycles. The third kappa shape index (κ3) is 6.08. The fraction of sp³-hybridized carbons (Fsp3) is 0. The van der Waals surface area contributed by atoms with E-state index in [0.717, 1.165) is 55.9 Å². The first-order valence-corrected chi connectivity index (χ1v) is 21.5. The minimum absolute atomic E-state index is 0.559. The second-order valence-corrected chi connectivity index (χ2v) is 16.5. The molecule has 0 saturated carbocycles. The third-order valence-electron chi connectivity index (χ3n) is 11.7. The number of aromatic nitrogens is 5. The van der Waals surface area contributed by atoms with Crippen molar-refractivity contribution in [2.24, 2.45) is 0 Å². The smallest absolute Gasteiger partial charge is 0.166 e. The fourth-order valence-corrected chi connectivity index (χ4v) is 10.0. The van der Waals surface area contributed by atoms with E-state index in [-0.39, 0.29) is 0 Å². The van der Waals surface area contributed by atoms with Crippen LogP contribution in [0.5, 0.6) is 0 Å². The van der Waals surface area contributed by atoms with Crippen LogP contribution in [0.3, 0.4) is 0 Å². The Kier molecular flexibility index (Phi) is 8.61. The Morgan fingerprint density at radius 2 is 0.919 bits per heavy atom. The molecule has 0 aliphatic carbocycles. The van der Waals surface area contributed by atoms with Crippen molar-refractivity contribution in [3.05, 3.63) is 212 Å². The normalized spacial score (nSPS) is 11.5. The predicted octanol–water partition coefficient (Wildman–Crippen LogP) is 14.7. The molecular formula is C56H35N5S. The largest absolute Gasteiger partial charge is 0.309 e.